The van der Waals surface area contributed by atoms with Gasteiger partial charge in [0.25, 0.3) is 0 Å². The van der Waals surface area contributed by atoms with Gasteiger partial charge in [-0.05, 0) is 42.0 Å². The van der Waals surface area contributed by atoms with E-state index < -0.39 is 5.54 Å². The lowest BCUT2D eigenvalue weighted by molar-refractivity contribution is -0.123. The molecule has 1 amide bonds. The number of carbonyl (C=O) groups is 1. The van der Waals surface area contributed by atoms with Crippen molar-refractivity contribution < 1.29 is 13.9 Å². The molecule has 116 valence electrons. The van der Waals surface area contributed by atoms with Crippen LogP contribution in [0.2, 0.25) is 0 Å². The van der Waals surface area contributed by atoms with Crippen LogP contribution in [0.4, 0.5) is 4.39 Å². The second kappa shape index (κ2) is 6.58. The summed E-state index contributed by atoms with van der Waals surface area (Å²) in [7, 11) is 0. The average Bonchev–Trinajstić information content (AvgIpc) is 3.01. The van der Waals surface area contributed by atoms with Gasteiger partial charge in [-0.15, -0.1) is 11.3 Å². The van der Waals surface area contributed by atoms with Gasteiger partial charge in [0.15, 0.2) is 0 Å². The third-order valence-corrected chi connectivity index (χ3v) is 4.91. The summed E-state index contributed by atoms with van der Waals surface area (Å²) < 4.78 is 18.6. The van der Waals surface area contributed by atoms with Crippen LogP contribution in [0.5, 0.6) is 0 Å². The van der Waals surface area contributed by atoms with Gasteiger partial charge in [0.05, 0.1) is 12.0 Å². The molecule has 1 aromatic carbocycles. The minimum Gasteiger partial charge on any atom is -0.381 e. The summed E-state index contributed by atoms with van der Waals surface area (Å²) in [6.45, 7) is 1.19. The van der Waals surface area contributed by atoms with E-state index in [2.05, 4.69) is 5.32 Å². The molecule has 22 heavy (non-hydrogen) atoms. The highest BCUT2D eigenvalue weighted by molar-refractivity contribution is 7.10. The van der Waals surface area contributed by atoms with Crippen LogP contribution < -0.4 is 5.32 Å². The fourth-order valence-corrected chi connectivity index (χ4v) is 3.56. The maximum atomic E-state index is 13.2. The van der Waals surface area contributed by atoms with Crippen LogP contribution in [0.25, 0.3) is 0 Å². The van der Waals surface area contributed by atoms with Crippen LogP contribution in [-0.4, -0.2) is 19.1 Å². The fourth-order valence-electron chi connectivity index (χ4n) is 2.86. The van der Waals surface area contributed by atoms with Gasteiger partial charge >= 0.3 is 0 Å². The lowest BCUT2D eigenvalue weighted by Crippen LogP contribution is -2.49. The third kappa shape index (κ3) is 3.36. The summed E-state index contributed by atoms with van der Waals surface area (Å²) in [5.41, 5.74) is 0.483. The first-order chi connectivity index (χ1) is 10.7. The molecular formula is C17H18FNO2S. The first-order valence-corrected chi connectivity index (χ1v) is 8.23. The first kappa shape index (κ1) is 15.2. The van der Waals surface area contributed by atoms with Crippen molar-refractivity contribution in [1.82, 2.24) is 5.32 Å². The summed E-state index contributed by atoms with van der Waals surface area (Å²) >= 11 is 1.57. The fraction of sp³-hybridized carbons (Fsp3) is 0.353. The molecule has 1 saturated heterocycles. The topological polar surface area (TPSA) is 38.3 Å². The Labute approximate surface area is 133 Å². The molecule has 0 spiro atoms. The molecule has 0 radical (unpaired) electrons. The average molecular weight is 319 g/mol. The predicted octanol–water partition coefficient (Wildman–Crippen LogP) is 3.25. The summed E-state index contributed by atoms with van der Waals surface area (Å²) in [5.74, 6) is -0.274. The molecule has 0 saturated carbocycles. The van der Waals surface area contributed by atoms with E-state index in [-0.39, 0.29) is 11.7 Å². The van der Waals surface area contributed by atoms with Crippen molar-refractivity contribution in [2.45, 2.75) is 24.8 Å². The summed E-state index contributed by atoms with van der Waals surface area (Å²) in [6.07, 6.45) is 1.78. The van der Waals surface area contributed by atoms with Crippen molar-refractivity contribution in [3.63, 3.8) is 0 Å². The van der Waals surface area contributed by atoms with Gasteiger partial charge in [-0.1, -0.05) is 18.2 Å². The van der Waals surface area contributed by atoms with Crippen molar-refractivity contribution in [2.75, 3.05) is 13.2 Å². The van der Waals surface area contributed by atoms with Gasteiger partial charge in [0, 0.05) is 18.1 Å². The normalized spacial score (nSPS) is 17.1. The molecule has 1 aliphatic heterocycles. The zero-order chi connectivity index (χ0) is 15.4. The number of thiophene rings is 1. The number of benzene rings is 1. The largest absolute Gasteiger partial charge is 0.381 e. The molecule has 5 heteroatoms. The Bertz CT molecular complexity index is 619. The first-order valence-electron chi connectivity index (χ1n) is 7.35. The van der Waals surface area contributed by atoms with E-state index in [9.17, 15) is 9.18 Å². The minimum atomic E-state index is -0.458. The molecule has 2 aromatic rings. The number of carbonyl (C=O) groups excluding carboxylic acids is 1. The van der Waals surface area contributed by atoms with E-state index in [0.29, 0.717) is 32.5 Å². The van der Waals surface area contributed by atoms with Crippen molar-refractivity contribution in [2.24, 2.45) is 0 Å². The molecule has 0 bridgehead atoms. The van der Waals surface area contributed by atoms with Gasteiger partial charge in [-0.25, -0.2) is 4.39 Å². The maximum absolute atomic E-state index is 13.2. The predicted molar refractivity (Wildman–Crippen MR) is 84.3 cm³/mol. The summed E-state index contributed by atoms with van der Waals surface area (Å²) in [5, 5.41) is 5.14. The third-order valence-electron chi connectivity index (χ3n) is 4.04. The Hall–Kier alpha value is -1.72. The molecule has 1 aromatic heterocycles. The molecule has 3 nitrogen and oxygen atoms in total. The molecular weight excluding hydrogens is 301 g/mol. The van der Waals surface area contributed by atoms with E-state index in [1.165, 1.54) is 12.1 Å². The molecule has 2 heterocycles. The van der Waals surface area contributed by atoms with Crippen LogP contribution >= 0.6 is 11.3 Å². The van der Waals surface area contributed by atoms with E-state index in [1.807, 2.05) is 17.5 Å². The highest BCUT2D eigenvalue weighted by atomic mass is 32.1. The van der Waals surface area contributed by atoms with Crippen molar-refractivity contribution in [3.8, 4) is 0 Å². The van der Waals surface area contributed by atoms with Crippen molar-refractivity contribution in [3.05, 3.63) is 58.0 Å². The lowest BCUT2D eigenvalue weighted by atomic mass is 9.82. The van der Waals surface area contributed by atoms with Crippen molar-refractivity contribution in [1.29, 1.82) is 0 Å². The summed E-state index contributed by atoms with van der Waals surface area (Å²) in [4.78, 5) is 13.4. The number of halogens is 1. The smallest absolute Gasteiger partial charge is 0.225 e. The van der Waals surface area contributed by atoms with E-state index in [4.69, 9.17) is 4.74 Å². The monoisotopic (exact) mass is 319 g/mol. The maximum Gasteiger partial charge on any atom is 0.225 e. The number of hydrogen-bond donors (Lipinski definition) is 1. The van der Waals surface area contributed by atoms with Crippen LogP contribution in [0, 0.1) is 5.82 Å². The number of amides is 1. The second-order valence-electron chi connectivity index (χ2n) is 5.51. The Kier molecular flexibility index (Phi) is 4.55. The zero-order valence-corrected chi connectivity index (χ0v) is 13.0. The van der Waals surface area contributed by atoms with Gasteiger partial charge in [-0.2, -0.15) is 0 Å². The number of rotatable bonds is 4. The number of nitrogens with one attached hydrogen (secondary N) is 1. The van der Waals surface area contributed by atoms with Crippen molar-refractivity contribution >= 4 is 17.2 Å². The van der Waals surface area contributed by atoms with Gasteiger partial charge in [-0.3, -0.25) is 4.79 Å². The minimum absolute atomic E-state index is 0.00586. The highest BCUT2D eigenvalue weighted by Crippen LogP contribution is 2.32. The van der Waals surface area contributed by atoms with E-state index in [0.717, 1.165) is 10.4 Å². The molecule has 0 aliphatic carbocycles. The van der Waals surface area contributed by atoms with Crippen LogP contribution in [0.1, 0.15) is 23.3 Å². The van der Waals surface area contributed by atoms with Crippen LogP contribution in [-0.2, 0) is 21.5 Å². The van der Waals surface area contributed by atoms with Gasteiger partial charge in [0.1, 0.15) is 5.82 Å². The van der Waals surface area contributed by atoms with Gasteiger partial charge in [0.2, 0.25) is 5.91 Å². The van der Waals surface area contributed by atoms with Crippen LogP contribution in [0.3, 0.4) is 0 Å². The van der Waals surface area contributed by atoms with E-state index in [1.54, 1.807) is 23.5 Å². The quantitative estimate of drug-likeness (QED) is 0.939. The molecule has 3 rings (SSSR count). The lowest BCUT2D eigenvalue weighted by Gasteiger charge is -2.38. The standard InChI is InChI=1S/C17H18FNO2S/c18-14-5-3-13(4-6-14)17(7-9-21-10-8-17)19-16(20)12-15-2-1-11-22-15/h1-6,11H,7-10,12H2,(H,19,20). The van der Waals surface area contributed by atoms with Gasteiger partial charge < -0.3 is 10.1 Å². The number of ether oxygens (including phenoxy) is 1. The molecule has 1 fully saturated rings. The Morgan fingerprint density at radius 1 is 1.23 bits per heavy atom. The molecule has 1 N–H and O–H groups in total. The second-order valence-corrected chi connectivity index (χ2v) is 6.54. The zero-order valence-electron chi connectivity index (χ0n) is 12.2. The Balaban J connectivity index is 1.79. The molecule has 0 atom stereocenters. The summed E-state index contributed by atoms with van der Waals surface area (Å²) in [6, 6.07) is 10.3. The van der Waals surface area contributed by atoms with Crippen LogP contribution in [0.15, 0.2) is 41.8 Å². The number of hydrogen-bond acceptors (Lipinski definition) is 3. The molecule has 1 aliphatic rings. The molecule has 0 unspecified atom stereocenters. The Morgan fingerprint density at radius 2 is 1.95 bits per heavy atom. The highest BCUT2D eigenvalue weighted by Gasteiger charge is 2.35. The Morgan fingerprint density at radius 3 is 2.59 bits per heavy atom. The van der Waals surface area contributed by atoms with E-state index >= 15 is 0 Å². The SMILES string of the molecule is O=C(Cc1cccs1)NC1(c2ccc(F)cc2)CCOCC1.